The molecule has 0 saturated heterocycles. The van der Waals surface area contributed by atoms with E-state index in [2.05, 4.69) is 28.2 Å². The summed E-state index contributed by atoms with van der Waals surface area (Å²) in [5.41, 5.74) is 5.77. The minimum Gasteiger partial charge on any atom is -0.324 e. The number of nitrogens with one attached hydrogen (secondary N) is 1. The number of rotatable bonds is 7. The van der Waals surface area contributed by atoms with Crippen LogP contribution in [0.1, 0.15) is 40.5 Å². The van der Waals surface area contributed by atoms with Crippen molar-refractivity contribution < 1.29 is 4.79 Å². The maximum atomic E-state index is 13.8. The largest absolute Gasteiger partial charge is 0.324 e. The number of aromatic nitrogens is 2. The molecule has 0 aliphatic heterocycles. The van der Waals surface area contributed by atoms with Gasteiger partial charge in [0.05, 0.1) is 22.5 Å². The van der Waals surface area contributed by atoms with Gasteiger partial charge in [-0.15, -0.1) is 11.3 Å². The highest BCUT2D eigenvalue weighted by molar-refractivity contribution is 9.10. The number of anilines is 1. The van der Waals surface area contributed by atoms with Gasteiger partial charge in [-0.25, -0.2) is 4.98 Å². The summed E-state index contributed by atoms with van der Waals surface area (Å²) in [4.78, 5) is 33.4. The zero-order valence-corrected chi connectivity index (χ0v) is 23.7. The molecule has 2 aromatic carbocycles. The fraction of sp³-hybridized carbons (Fsp3) is 0.296. The predicted octanol–water partition coefficient (Wildman–Crippen LogP) is 7.13. The first kappa shape index (κ1) is 25.7. The summed E-state index contributed by atoms with van der Waals surface area (Å²) in [6.07, 6.45) is 1.93. The number of carbonyl (C=O) groups is 1. The normalized spacial score (nSPS) is 11.3. The van der Waals surface area contributed by atoms with E-state index in [-0.39, 0.29) is 17.2 Å². The average molecular weight is 571 g/mol. The lowest BCUT2D eigenvalue weighted by Gasteiger charge is -2.14. The van der Waals surface area contributed by atoms with Crippen LogP contribution in [0.3, 0.4) is 0 Å². The van der Waals surface area contributed by atoms with Gasteiger partial charge in [-0.3, -0.25) is 14.2 Å². The number of thiophene rings is 1. The monoisotopic (exact) mass is 569 g/mol. The minimum atomic E-state index is -0.158. The number of aryl methyl sites for hydroxylation is 5. The molecular formula is C27H28BrN3O2S2. The van der Waals surface area contributed by atoms with Gasteiger partial charge in [-0.05, 0) is 96.6 Å². The highest BCUT2D eigenvalue weighted by atomic mass is 79.9. The van der Waals surface area contributed by atoms with Gasteiger partial charge in [0.15, 0.2) is 5.16 Å². The Labute approximate surface area is 222 Å². The standard InChI is InChI=1S/C27H28BrN3O2S2/c1-6-7-22-18(5)24-25(35-22)30-27(31(26(24)33)19-10-9-16(3)17(4)13-19)34-14-23(32)29-21-11-8-15(2)12-20(21)28/h8-13H,6-7,14H2,1-5H3,(H,29,32). The summed E-state index contributed by atoms with van der Waals surface area (Å²) in [6, 6.07) is 11.8. The number of amides is 1. The van der Waals surface area contributed by atoms with E-state index < -0.39 is 0 Å². The van der Waals surface area contributed by atoms with E-state index in [9.17, 15) is 9.59 Å². The number of nitrogens with zero attached hydrogens (tertiary/aromatic N) is 2. The zero-order chi connectivity index (χ0) is 25.3. The van der Waals surface area contributed by atoms with Crippen molar-refractivity contribution in [2.45, 2.75) is 52.6 Å². The van der Waals surface area contributed by atoms with E-state index in [0.29, 0.717) is 16.2 Å². The molecule has 0 atom stereocenters. The third-order valence-electron chi connectivity index (χ3n) is 5.99. The topological polar surface area (TPSA) is 64.0 Å². The number of carbonyl (C=O) groups excluding carboxylic acids is 1. The van der Waals surface area contributed by atoms with Gasteiger partial charge in [0.2, 0.25) is 5.91 Å². The first-order valence-corrected chi connectivity index (χ1v) is 14.1. The Kier molecular flexibility index (Phi) is 7.83. The highest BCUT2D eigenvalue weighted by Gasteiger charge is 2.20. The zero-order valence-electron chi connectivity index (χ0n) is 20.5. The summed E-state index contributed by atoms with van der Waals surface area (Å²) < 4.78 is 2.49. The number of thioether (sulfide) groups is 1. The highest BCUT2D eigenvalue weighted by Crippen LogP contribution is 2.31. The molecule has 0 spiro atoms. The lowest BCUT2D eigenvalue weighted by molar-refractivity contribution is -0.113. The number of benzene rings is 2. The van der Waals surface area contributed by atoms with Gasteiger partial charge in [0, 0.05) is 9.35 Å². The second-order valence-electron chi connectivity index (χ2n) is 8.70. The molecule has 4 aromatic rings. The van der Waals surface area contributed by atoms with Crippen molar-refractivity contribution >= 4 is 60.8 Å². The Morgan fingerprint density at radius 1 is 1.11 bits per heavy atom. The lowest BCUT2D eigenvalue weighted by atomic mass is 10.1. The molecule has 1 amide bonds. The molecule has 35 heavy (non-hydrogen) atoms. The maximum absolute atomic E-state index is 13.8. The molecule has 4 rings (SSSR count). The summed E-state index contributed by atoms with van der Waals surface area (Å²) in [5, 5.41) is 4.14. The fourth-order valence-electron chi connectivity index (χ4n) is 3.90. The van der Waals surface area contributed by atoms with Crippen LogP contribution in [-0.2, 0) is 11.2 Å². The third kappa shape index (κ3) is 5.39. The number of fused-ring (bicyclic) bond motifs is 1. The number of hydrogen-bond donors (Lipinski definition) is 1. The van der Waals surface area contributed by atoms with Crippen LogP contribution < -0.4 is 10.9 Å². The fourth-order valence-corrected chi connectivity index (χ4v) is 6.63. The summed E-state index contributed by atoms with van der Waals surface area (Å²) in [7, 11) is 0. The van der Waals surface area contributed by atoms with Crippen molar-refractivity contribution in [1.82, 2.24) is 9.55 Å². The maximum Gasteiger partial charge on any atom is 0.267 e. The third-order valence-corrected chi connectivity index (χ3v) is 8.83. The van der Waals surface area contributed by atoms with E-state index in [1.54, 1.807) is 15.9 Å². The summed E-state index contributed by atoms with van der Waals surface area (Å²) in [5.74, 6) is -0.0236. The van der Waals surface area contributed by atoms with Gasteiger partial charge in [-0.2, -0.15) is 0 Å². The van der Waals surface area contributed by atoms with Gasteiger partial charge in [-0.1, -0.05) is 37.2 Å². The smallest absolute Gasteiger partial charge is 0.267 e. The molecule has 2 heterocycles. The quantitative estimate of drug-likeness (QED) is 0.190. The van der Waals surface area contributed by atoms with Crippen LogP contribution in [0.25, 0.3) is 15.9 Å². The second-order valence-corrected chi connectivity index (χ2v) is 11.6. The molecule has 5 nitrogen and oxygen atoms in total. The van der Waals surface area contributed by atoms with Crippen LogP contribution in [0, 0.1) is 27.7 Å². The van der Waals surface area contributed by atoms with Crippen LogP contribution >= 0.6 is 39.0 Å². The minimum absolute atomic E-state index is 0.0847. The lowest BCUT2D eigenvalue weighted by Crippen LogP contribution is -2.23. The Morgan fingerprint density at radius 3 is 2.57 bits per heavy atom. The van der Waals surface area contributed by atoms with Crippen LogP contribution in [0.5, 0.6) is 0 Å². The molecule has 0 unspecified atom stereocenters. The van der Waals surface area contributed by atoms with Crippen molar-refractivity contribution in [3.63, 3.8) is 0 Å². The number of hydrogen-bond acceptors (Lipinski definition) is 5. The van der Waals surface area contributed by atoms with Crippen LogP contribution in [0.15, 0.2) is 50.8 Å². The van der Waals surface area contributed by atoms with Crippen LogP contribution in [0.4, 0.5) is 5.69 Å². The molecule has 2 aromatic heterocycles. The van der Waals surface area contributed by atoms with Gasteiger partial charge < -0.3 is 5.32 Å². The molecule has 0 radical (unpaired) electrons. The van der Waals surface area contributed by atoms with Gasteiger partial charge >= 0.3 is 0 Å². The molecule has 0 fully saturated rings. The molecule has 182 valence electrons. The molecule has 1 N–H and O–H groups in total. The molecule has 0 bridgehead atoms. The molecule has 0 aliphatic rings. The SMILES string of the molecule is CCCc1sc2nc(SCC(=O)Nc3ccc(C)cc3Br)n(-c3ccc(C)c(C)c3)c(=O)c2c1C. The Morgan fingerprint density at radius 2 is 1.89 bits per heavy atom. The van der Waals surface area contributed by atoms with E-state index in [1.165, 1.54) is 16.6 Å². The van der Waals surface area contributed by atoms with E-state index in [0.717, 1.165) is 50.1 Å². The second kappa shape index (κ2) is 10.7. The van der Waals surface area contributed by atoms with Crippen LogP contribution in [0.2, 0.25) is 0 Å². The molecule has 0 aliphatic carbocycles. The van der Waals surface area contributed by atoms with Crippen molar-refractivity contribution in [2.24, 2.45) is 0 Å². The van der Waals surface area contributed by atoms with E-state index >= 15 is 0 Å². The van der Waals surface area contributed by atoms with E-state index in [4.69, 9.17) is 4.98 Å². The molecular weight excluding hydrogens is 542 g/mol. The molecule has 0 saturated carbocycles. The average Bonchev–Trinajstić information content (AvgIpc) is 3.12. The van der Waals surface area contributed by atoms with Crippen molar-refractivity contribution in [2.75, 3.05) is 11.1 Å². The Hall–Kier alpha value is -2.42. The summed E-state index contributed by atoms with van der Waals surface area (Å²) >= 11 is 6.37. The predicted molar refractivity (Wildman–Crippen MR) is 152 cm³/mol. The Bertz CT molecular complexity index is 1490. The van der Waals surface area contributed by atoms with Crippen LogP contribution in [-0.4, -0.2) is 21.2 Å². The first-order chi connectivity index (χ1) is 16.7. The van der Waals surface area contributed by atoms with E-state index in [1.807, 2.05) is 64.1 Å². The van der Waals surface area contributed by atoms with Crippen molar-refractivity contribution in [3.8, 4) is 5.69 Å². The number of halogens is 1. The first-order valence-electron chi connectivity index (χ1n) is 11.5. The van der Waals surface area contributed by atoms with Crippen molar-refractivity contribution in [3.05, 3.63) is 78.4 Å². The van der Waals surface area contributed by atoms with Gasteiger partial charge in [0.25, 0.3) is 5.56 Å². The summed E-state index contributed by atoms with van der Waals surface area (Å²) in [6.45, 7) is 10.2. The molecule has 8 heteroatoms. The van der Waals surface area contributed by atoms with Gasteiger partial charge in [0.1, 0.15) is 4.83 Å². The van der Waals surface area contributed by atoms with Crippen molar-refractivity contribution in [1.29, 1.82) is 0 Å². The Balaban J connectivity index is 1.74.